The molecular formula is C21H32OSi. The second-order valence-corrected chi connectivity index (χ2v) is 13.0. The molecule has 0 amide bonds. The number of hydrogen-bond donors (Lipinski definition) is 0. The first-order valence-electron chi connectivity index (χ1n) is 8.55. The maximum absolute atomic E-state index is 5.96. The summed E-state index contributed by atoms with van der Waals surface area (Å²) in [5.74, 6) is 1.12. The first kappa shape index (κ1) is 18.1. The van der Waals surface area contributed by atoms with Crippen molar-refractivity contribution in [3.05, 3.63) is 45.7 Å². The Morgan fingerprint density at radius 1 is 1.04 bits per heavy atom. The molecule has 0 atom stereocenters. The van der Waals surface area contributed by atoms with Crippen LogP contribution in [-0.2, 0) is 5.41 Å². The van der Waals surface area contributed by atoms with Crippen molar-refractivity contribution in [2.75, 3.05) is 7.11 Å². The molecule has 0 aliphatic heterocycles. The second kappa shape index (κ2) is 5.97. The molecule has 126 valence electrons. The SMILES string of the molecule is COc1c(C(C)(C)C)cc(C)cc1[Si](C)(C)C1=C(C)C=C(C)C1. The highest BCUT2D eigenvalue weighted by molar-refractivity contribution is 6.96. The van der Waals surface area contributed by atoms with Crippen LogP contribution in [0.2, 0.25) is 13.1 Å². The van der Waals surface area contributed by atoms with E-state index in [1.54, 1.807) is 5.20 Å². The summed E-state index contributed by atoms with van der Waals surface area (Å²) >= 11 is 0. The smallest absolute Gasteiger partial charge is 0.122 e. The molecule has 0 saturated heterocycles. The van der Waals surface area contributed by atoms with Gasteiger partial charge in [-0.1, -0.05) is 74.0 Å². The standard InChI is InChI=1S/C21H32OSi/c1-14-10-16(3)18(12-14)23(8,9)19-13-15(2)11-17(20(19)22-7)21(4,5)6/h10-11,13H,12H2,1-9H3. The molecule has 1 nitrogen and oxygen atoms in total. The first-order valence-corrected chi connectivity index (χ1v) is 11.6. The molecule has 0 radical (unpaired) electrons. The Morgan fingerprint density at radius 2 is 1.65 bits per heavy atom. The van der Waals surface area contributed by atoms with Crippen LogP contribution in [0.3, 0.4) is 0 Å². The quantitative estimate of drug-likeness (QED) is 0.673. The summed E-state index contributed by atoms with van der Waals surface area (Å²) in [7, 11) is 0.0709. The van der Waals surface area contributed by atoms with Crippen molar-refractivity contribution in [1.82, 2.24) is 0 Å². The van der Waals surface area contributed by atoms with E-state index in [9.17, 15) is 0 Å². The number of ether oxygens (including phenoxy) is 1. The Bertz CT molecular complexity index is 685. The van der Waals surface area contributed by atoms with E-state index in [0.29, 0.717) is 0 Å². The molecule has 0 saturated carbocycles. The van der Waals surface area contributed by atoms with Crippen molar-refractivity contribution in [2.45, 2.75) is 66.5 Å². The average Bonchev–Trinajstić information content (AvgIpc) is 2.76. The van der Waals surface area contributed by atoms with Crippen LogP contribution in [0.25, 0.3) is 0 Å². The fourth-order valence-electron chi connectivity index (χ4n) is 3.82. The van der Waals surface area contributed by atoms with Gasteiger partial charge in [0.05, 0.1) is 7.11 Å². The minimum atomic E-state index is -1.76. The Hall–Kier alpha value is -1.28. The van der Waals surface area contributed by atoms with Gasteiger partial charge in [0.15, 0.2) is 0 Å². The normalized spacial score (nSPS) is 16.0. The van der Waals surface area contributed by atoms with E-state index >= 15 is 0 Å². The predicted molar refractivity (Wildman–Crippen MR) is 105 cm³/mol. The first-order chi connectivity index (χ1) is 10.5. The zero-order chi connectivity index (χ0) is 17.6. The van der Waals surface area contributed by atoms with E-state index in [1.165, 1.54) is 27.5 Å². The molecule has 0 unspecified atom stereocenters. The molecule has 0 fully saturated rings. The topological polar surface area (TPSA) is 9.23 Å². The van der Waals surface area contributed by atoms with Crippen molar-refractivity contribution in [3.63, 3.8) is 0 Å². The van der Waals surface area contributed by atoms with E-state index in [-0.39, 0.29) is 5.41 Å². The average molecular weight is 329 g/mol. The molecule has 0 N–H and O–H groups in total. The molecule has 0 spiro atoms. The minimum Gasteiger partial charge on any atom is -0.497 e. The fraction of sp³-hybridized carbons (Fsp3) is 0.524. The molecule has 1 aromatic carbocycles. The molecule has 1 aliphatic rings. The van der Waals surface area contributed by atoms with E-state index < -0.39 is 8.07 Å². The molecule has 23 heavy (non-hydrogen) atoms. The zero-order valence-electron chi connectivity index (χ0n) is 16.3. The molecule has 2 rings (SSSR count). The van der Waals surface area contributed by atoms with Gasteiger partial charge in [0.25, 0.3) is 0 Å². The van der Waals surface area contributed by atoms with Gasteiger partial charge in [-0.3, -0.25) is 0 Å². The van der Waals surface area contributed by atoms with E-state index in [1.807, 2.05) is 7.11 Å². The lowest BCUT2D eigenvalue weighted by Crippen LogP contribution is -2.45. The third-order valence-electron chi connectivity index (χ3n) is 5.07. The number of allylic oxidation sites excluding steroid dienone is 4. The summed E-state index contributed by atoms with van der Waals surface area (Å²) in [6, 6.07) is 4.67. The molecule has 1 aliphatic carbocycles. The van der Waals surface area contributed by atoms with Crippen LogP contribution in [0, 0.1) is 6.92 Å². The Labute approximate surface area is 143 Å². The largest absolute Gasteiger partial charge is 0.497 e. The predicted octanol–water partition coefficient (Wildman–Crippen LogP) is 5.42. The van der Waals surface area contributed by atoms with Crippen LogP contribution in [-0.4, -0.2) is 15.2 Å². The summed E-state index contributed by atoms with van der Waals surface area (Å²) in [5, 5.41) is 3.10. The van der Waals surface area contributed by atoms with Crippen LogP contribution in [0.4, 0.5) is 0 Å². The van der Waals surface area contributed by atoms with Crippen LogP contribution in [0.15, 0.2) is 34.6 Å². The minimum absolute atomic E-state index is 0.0872. The van der Waals surface area contributed by atoms with Gasteiger partial charge in [0, 0.05) is 0 Å². The number of hydrogen-bond acceptors (Lipinski definition) is 1. The van der Waals surface area contributed by atoms with Crippen molar-refractivity contribution >= 4 is 13.3 Å². The summed E-state index contributed by atoms with van der Waals surface area (Å²) in [6.45, 7) is 18.5. The van der Waals surface area contributed by atoms with Crippen LogP contribution in [0.1, 0.15) is 52.2 Å². The Balaban J connectivity index is 2.68. The molecule has 1 aromatic rings. The summed E-state index contributed by atoms with van der Waals surface area (Å²) < 4.78 is 5.96. The lowest BCUT2D eigenvalue weighted by molar-refractivity contribution is 0.400. The van der Waals surface area contributed by atoms with Gasteiger partial charge in [-0.2, -0.15) is 0 Å². The summed E-state index contributed by atoms with van der Waals surface area (Å²) in [4.78, 5) is 0. The van der Waals surface area contributed by atoms with Gasteiger partial charge in [-0.15, -0.1) is 0 Å². The lowest BCUT2D eigenvalue weighted by atomic mass is 9.85. The number of aryl methyl sites for hydroxylation is 1. The second-order valence-electron chi connectivity index (χ2n) is 8.60. The van der Waals surface area contributed by atoms with Gasteiger partial charge < -0.3 is 4.74 Å². The van der Waals surface area contributed by atoms with Crippen molar-refractivity contribution in [1.29, 1.82) is 0 Å². The third kappa shape index (κ3) is 3.33. The fourth-order valence-corrected chi connectivity index (χ4v) is 7.31. The zero-order valence-corrected chi connectivity index (χ0v) is 17.3. The van der Waals surface area contributed by atoms with Gasteiger partial charge >= 0.3 is 0 Å². The summed E-state index contributed by atoms with van der Waals surface area (Å²) in [6.07, 6.45) is 3.49. The molecule has 2 heteroatoms. The van der Waals surface area contributed by atoms with Gasteiger partial charge in [0.1, 0.15) is 13.8 Å². The third-order valence-corrected chi connectivity index (χ3v) is 8.87. The number of methoxy groups -OCH3 is 1. The maximum Gasteiger partial charge on any atom is 0.122 e. The highest BCUT2D eigenvalue weighted by Gasteiger charge is 2.36. The van der Waals surface area contributed by atoms with Crippen molar-refractivity contribution in [3.8, 4) is 5.75 Å². The van der Waals surface area contributed by atoms with Crippen molar-refractivity contribution < 1.29 is 4.74 Å². The molecular weight excluding hydrogens is 296 g/mol. The molecule has 0 aromatic heterocycles. The highest BCUT2D eigenvalue weighted by Crippen LogP contribution is 2.37. The molecule has 0 heterocycles. The summed E-state index contributed by atoms with van der Waals surface area (Å²) in [5.41, 5.74) is 5.72. The van der Waals surface area contributed by atoms with Gasteiger partial charge in [0.2, 0.25) is 0 Å². The Kier molecular flexibility index (Phi) is 4.69. The van der Waals surface area contributed by atoms with E-state index in [4.69, 9.17) is 4.74 Å². The number of rotatable bonds is 3. The van der Waals surface area contributed by atoms with Crippen LogP contribution >= 0.6 is 0 Å². The van der Waals surface area contributed by atoms with E-state index in [0.717, 1.165) is 12.2 Å². The van der Waals surface area contributed by atoms with Crippen LogP contribution < -0.4 is 9.92 Å². The van der Waals surface area contributed by atoms with E-state index in [2.05, 4.69) is 72.8 Å². The molecule has 0 bridgehead atoms. The van der Waals surface area contributed by atoms with Gasteiger partial charge in [-0.25, -0.2) is 0 Å². The highest BCUT2D eigenvalue weighted by atomic mass is 28.3. The van der Waals surface area contributed by atoms with Crippen LogP contribution in [0.5, 0.6) is 5.75 Å². The monoisotopic (exact) mass is 328 g/mol. The van der Waals surface area contributed by atoms with Crippen molar-refractivity contribution in [2.24, 2.45) is 0 Å². The Morgan fingerprint density at radius 3 is 2.09 bits per heavy atom. The number of benzene rings is 1. The lowest BCUT2D eigenvalue weighted by Gasteiger charge is -2.32. The maximum atomic E-state index is 5.96. The van der Waals surface area contributed by atoms with Gasteiger partial charge in [-0.05, 0) is 43.4 Å².